The number of carbonyl (C=O) groups excluding carboxylic acids is 1. The summed E-state index contributed by atoms with van der Waals surface area (Å²) in [4.78, 5) is 28.3. The number of hydrogen-bond donors (Lipinski definition) is 1. The fourth-order valence-electron chi connectivity index (χ4n) is 2.02. The summed E-state index contributed by atoms with van der Waals surface area (Å²) >= 11 is 0. The average molecular weight is 273 g/mol. The zero-order chi connectivity index (χ0) is 14.6. The molecule has 2 unspecified atom stereocenters. The molecule has 1 saturated heterocycles. The van der Waals surface area contributed by atoms with Crippen LogP contribution in [0.4, 0.5) is 4.79 Å². The highest BCUT2D eigenvalue weighted by molar-refractivity contribution is 5.77. The van der Waals surface area contributed by atoms with Gasteiger partial charge in [0.05, 0.1) is 19.3 Å². The van der Waals surface area contributed by atoms with E-state index in [-0.39, 0.29) is 19.2 Å². The molecule has 0 aliphatic carbocycles. The first-order chi connectivity index (χ1) is 8.84. The number of hydrogen-bond acceptors (Lipinski definition) is 4. The fourth-order valence-corrected chi connectivity index (χ4v) is 2.02. The zero-order valence-electron chi connectivity index (χ0n) is 12.0. The summed E-state index contributed by atoms with van der Waals surface area (Å²) in [6.07, 6.45) is 0. The van der Waals surface area contributed by atoms with Crippen molar-refractivity contribution in [1.82, 2.24) is 14.7 Å². The predicted molar refractivity (Wildman–Crippen MR) is 70.1 cm³/mol. The molecule has 1 N–H and O–H groups in total. The van der Waals surface area contributed by atoms with Gasteiger partial charge in [0.2, 0.25) is 0 Å². The standard InChI is InChI=1S/C12H23N3O4/c1-13(2)5-6-14(3)12(18)15(4)10-8-19-7-9(10)11(16)17/h9-10H,5-8H2,1-4H3,(H,16,17). The third-order valence-corrected chi connectivity index (χ3v) is 3.38. The number of carboxylic acids is 1. The fraction of sp³-hybridized carbons (Fsp3) is 0.833. The number of urea groups is 1. The number of likely N-dealkylation sites (N-methyl/N-ethyl adjacent to an activating group) is 3. The van der Waals surface area contributed by atoms with E-state index in [1.165, 1.54) is 4.90 Å². The van der Waals surface area contributed by atoms with Crippen molar-refractivity contribution in [3.05, 3.63) is 0 Å². The molecule has 1 fully saturated rings. The van der Waals surface area contributed by atoms with Gasteiger partial charge in [-0.05, 0) is 14.1 Å². The van der Waals surface area contributed by atoms with Gasteiger partial charge in [-0.25, -0.2) is 4.79 Å². The number of nitrogens with zero attached hydrogens (tertiary/aromatic N) is 3. The average Bonchev–Trinajstić information content (AvgIpc) is 2.83. The van der Waals surface area contributed by atoms with E-state index in [0.29, 0.717) is 6.54 Å². The van der Waals surface area contributed by atoms with E-state index in [4.69, 9.17) is 9.84 Å². The van der Waals surface area contributed by atoms with Gasteiger partial charge in [0.1, 0.15) is 5.92 Å². The lowest BCUT2D eigenvalue weighted by Gasteiger charge is -2.31. The van der Waals surface area contributed by atoms with Crippen LogP contribution in [-0.2, 0) is 9.53 Å². The quantitative estimate of drug-likeness (QED) is 0.740. The Morgan fingerprint density at radius 2 is 1.79 bits per heavy atom. The molecule has 1 heterocycles. The molecule has 110 valence electrons. The molecule has 0 saturated carbocycles. The zero-order valence-corrected chi connectivity index (χ0v) is 12.0. The van der Waals surface area contributed by atoms with Crippen molar-refractivity contribution < 1.29 is 19.4 Å². The molecule has 0 bridgehead atoms. The minimum atomic E-state index is -0.918. The maximum absolute atomic E-state index is 12.2. The van der Waals surface area contributed by atoms with Crippen LogP contribution in [0.15, 0.2) is 0 Å². The summed E-state index contributed by atoms with van der Waals surface area (Å²) in [5.41, 5.74) is 0. The molecule has 1 rings (SSSR count). The van der Waals surface area contributed by atoms with Crippen LogP contribution in [0.2, 0.25) is 0 Å². The molecule has 19 heavy (non-hydrogen) atoms. The molecule has 7 heteroatoms. The highest BCUT2D eigenvalue weighted by Gasteiger charge is 2.39. The Balaban J connectivity index is 2.58. The number of rotatable bonds is 5. The van der Waals surface area contributed by atoms with Gasteiger partial charge in [-0.2, -0.15) is 0 Å². The Kier molecular flexibility index (Phi) is 5.56. The van der Waals surface area contributed by atoms with Gasteiger partial charge in [-0.1, -0.05) is 0 Å². The third kappa shape index (κ3) is 4.07. The van der Waals surface area contributed by atoms with Crippen LogP contribution in [0.1, 0.15) is 0 Å². The van der Waals surface area contributed by atoms with Crippen LogP contribution in [0.3, 0.4) is 0 Å². The van der Waals surface area contributed by atoms with Crippen LogP contribution in [0.5, 0.6) is 0 Å². The number of carbonyl (C=O) groups is 2. The van der Waals surface area contributed by atoms with E-state index in [1.54, 1.807) is 19.0 Å². The lowest BCUT2D eigenvalue weighted by atomic mass is 10.0. The first-order valence-electron chi connectivity index (χ1n) is 6.27. The van der Waals surface area contributed by atoms with E-state index in [1.807, 2.05) is 19.0 Å². The number of carboxylic acid groups (broad SMARTS) is 1. The SMILES string of the molecule is CN(C)CCN(C)C(=O)N(C)C1COCC1C(=O)O. The summed E-state index contributed by atoms with van der Waals surface area (Å²) < 4.78 is 5.18. The summed E-state index contributed by atoms with van der Waals surface area (Å²) in [6, 6.07) is -0.574. The third-order valence-electron chi connectivity index (χ3n) is 3.38. The van der Waals surface area contributed by atoms with Crippen molar-refractivity contribution in [1.29, 1.82) is 0 Å². The summed E-state index contributed by atoms with van der Waals surface area (Å²) in [5.74, 6) is -1.56. The van der Waals surface area contributed by atoms with Gasteiger partial charge in [0.15, 0.2) is 0 Å². The summed E-state index contributed by atoms with van der Waals surface area (Å²) in [5, 5.41) is 9.09. The van der Waals surface area contributed by atoms with Gasteiger partial charge >= 0.3 is 12.0 Å². The highest BCUT2D eigenvalue weighted by Crippen LogP contribution is 2.19. The smallest absolute Gasteiger partial charge is 0.319 e. The van der Waals surface area contributed by atoms with Crippen molar-refractivity contribution in [2.75, 3.05) is 54.5 Å². The van der Waals surface area contributed by atoms with E-state index in [9.17, 15) is 9.59 Å². The Hall–Kier alpha value is -1.34. The van der Waals surface area contributed by atoms with E-state index in [0.717, 1.165) is 6.54 Å². The monoisotopic (exact) mass is 273 g/mol. The van der Waals surface area contributed by atoms with Crippen molar-refractivity contribution >= 4 is 12.0 Å². The van der Waals surface area contributed by atoms with E-state index >= 15 is 0 Å². The normalized spacial score (nSPS) is 22.6. The van der Waals surface area contributed by atoms with Gasteiger partial charge in [0.25, 0.3) is 0 Å². The van der Waals surface area contributed by atoms with E-state index in [2.05, 4.69) is 0 Å². The topological polar surface area (TPSA) is 73.3 Å². The van der Waals surface area contributed by atoms with Crippen LogP contribution >= 0.6 is 0 Å². The molecule has 2 atom stereocenters. The molecule has 2 amide bonds. The minimum Gasteiger partial charge on any atom is -0.481 e. The summed E-state index contributed by atoms with van der Waals surface area (Å²) in [6.45, 7) is 1.81. The lowest BCUT2D eigenvalue weighted by Crippen LogP contribution is -2.49. The van der Waals surface area contributed by atoms with E-state index < -0.39 is 17.9 Å². The Bertz CT molecular complexity index is 335. The van der Waals surface area contributed by atoms with Crippen LogP contribution in [-0.4, -0.2) is 92.3 Å². The van der Waals surface area contributed by atoms with Gasteiger partial charge < -0.3 is 24.5 Å². The number of aliphatic carboxylic acids is 1. The first kappa shape index (κ1) is 15.7. The van der Waals surface area contributed by atoms with Crippen LogP contribution < -0.4 is 0 Å². The molecule has 0 aromatic rings. The maximum atomic E-state index is 12.2. The summed E-state index contributed by atoms with van der Waals surface area (Å²) in [7, 11) is 7.22. The van der Waals surface area contributed by atoms with Gasteiger partial charge in [0, 0.05) is 27.2 Å². The maximum Gasteiger partial charge on any atom is 0.319 e. The largest absolute Gasteiger partial charge is 0.481 e. The second kappa shape index (κ2) is 6.72. The molecular formula is C12H23N3O4. The molecule has 1 aliphatic rings. The van der Waals surface area contributed by atoms with Crippen molar-refractivity contribution in [2.45, 2.75) is 6.04 Å². The molecule has 0 aromatic carbocycles. The van der Waals surface area contributed by atoms with Gasteiger partial charge in [-0.15, -0.1) is 0 Å². The van der Waals surface area contributed by atoms with Crippen molar-refractivity contribution in [2.24, 2.45) is 5.92 Å². The minimum absolute atomic E-state index is 0.166. The lowest BCUT2D eigenvalue weighted by molar-refractivity contribution is -0.142. The second-order valence-electron chi connectivity index (χ2n) is 5.17. The molecule has 0 spiro atoms. The number of ether oxygens (including phenoxy) is 1. The Morgan fingerprint density at radius 1 is 1.16 bits per heavy atom. The molecule has 0 aromatic heterocycles. The highest BCUT2D eigenvalue weighted by atomic mass is 16.5. The molecular weight excluding hydrogens is 250 g/mol. The van der Waals surface area contributed by atoms with Crippen LogP contribution in [0.25, 0.3) is 0 Å². The second-order valence-corrected chi connectivity index (χ2v) is 5.17. The first-order valence-corrected chi connectivity index (χ1v) is 6.27. The van der Waals surface area contributed by atoms with Crippen LogP contribution in [0, 0.1) is 5.92 Å². The molecule has 7 nitrogen and oxygen atoms in total. The molecule has 1 aliphatic heterocycles. The predicted octanol–water partition coefficient (Wildman–Crippen LogP) is -0.369. The molecule has 0 radical (unpaired) electrons. The Labute approximate surface area is 113 Å². The van der Waals surface area contributed by atoms with Gasteiger partial charge in [-0.3, -0.25) is 4.79 Å². The number of amides is 2. The Morgan fingerprint density at radius 3 is 2.32 bits per heavy atom. The van der Waals surface area contributed by atoms with Crippen molar-refractivity contribution in [3.8, 4) is 0 Å². The van der Waals surface area contributed by atoms with Crippen molar-refractivity contribution in [3.63, 3.8) is 0 Å².